The molecular formula is C62H93N15O15S. The number of amides is 11. The molecule has 2 fully saturated rings. The van der Waals surface area contributed by atoms with Crippen LogP contribution < -0.4 is 60.2 Å². The van der Waals surface area contributed by atoms with Gasteiger partial charge in [-0.3, -0.25) is 67.3 Å². The Morgan fingerprint density at radius 1 is 0.602 bits per heavy atom. The Labute approximate surface area is 545 Å². The zero-order valence-electron chi connectivity index (χ0n) is 53.6. The molecule has 4 rings (SSSR count). The quantitative estimate of drug-likeness (QED) is 0.0196. The summed E-state index contributed by atoms with van der Waals surface area (Å²) in [5.74, 6) is -12.2. The lowest BCUT2D eigenvalue weighted by Crippen LogP contribution is -2.61. The van der Waals surface area contributed by atoms with E-state index in [1.807, 2.05) is 34.0 Å². The second-order valence-corrected chi connectivity index (χ2v) is 25.0. The number of guanidine groups is 1. The van der Waals surface area contributed by atoms with Crippen molar-refractivity contribution in [1.29, 1.82) is 0 Å². The SMILES string of the molecule is CSCC[C@H](NC(=O)[C@H](CC(C)C)NC(=O)CNC(=O)[C@H](Cc1ccccc1)N(C)C(=O)[C@H](Cc1ccccc1)NC(=O)[C@H](CC(=O)O)NC(=O)[C@H](CC(=O)O)NC(=O)[C@@H]1CCCN1C(=O)[C@H](CCCN=C(N)N)NC(=O)[C@@H]1CCCN1C(=O)[C@@H](N)CC(C)C)C(N)=O. The molecule has 2 aromatic carbocycles. The second-order valence-electron chi connectivity index (χ2n) is 24.1. The van der Waals surface area contributed by atoms with Gasteiger partial charge in [-0.25, -0.2) is 0 Å². The van der Waals surface area contributed by atoms with Crippen LogP contribution in [0.25, 0.3) is 0 Å². The predicted octanol–water partition coefficient (Wildman–Crippen LogP) is -2.03. The summed E-state index contributed by atoms with van der Waals surface area (Å²) in [5.41, 5.74) is 23.9. The zero-order valence-corrected chi connectivity index (χ0v) is 54.5. The third-order valence-corrected chi connectivity index (χ3v) is 16.3. The molecule has 0 radical (unpaired) electrons. The summed E-state index contributed by atoms with van der Waals surface area (Å²) in [6, 6.07) is 3.13. The molecule has 2 aliphatic heterocycles. The molecule has 2 heterocycles. The van der Waals surface area contributed by atoms with Crippen molar-refractivity contribution in [3.63, 3.8) is 0 Å². The maximum Gasteiger partial charge on any atom is 0.305 e. The van der Waals surface area contributed by atoms with Gasteiger partial charge in [0.15, 0.2) is 5.96 Å². The lowest BCUT2D eigenvalue weighted by Gasteiger charge is -2.32. The van der Waals surface area contributed by atoms with E-state index in [9.17, 15) is 72.5 Å². The van der Waals surface area contributed by atoms with E-state index in [1.54, 1.807) is 60.7 Å². The molecule has 0 aromatic heterocycles. The van der Waals surface area contributed by atoms with Gasteiger partial charge in [0.1, 0.15) is 54.4 Å². The summed E-state index contributed by atoms with van der Waals surface area (Å²) in [4.78, 5) is 186. The Morgan fingerprint density at radius 3 is 1.59 bits per heavy atom. The van der Waals surface area contributed by atoms with Gasteiger partial charge in [-0.05, 0) is 92.8 Å². The van der Waals surface area contributed by atoms with Gasteiger partial charge in [0.25, 0.3) is 0 Å². The van der Waals surface area contributed by atoms with Crippen molar-refractivity contribution in [3.05, 3.63) is 71.8 Å². The van der Waals surface area contributed by atoms with Gasteiger partial charge in [-0.1, -0.05) is 88.4 Å². The van der Waals surface area contributed by atoms with Crippen molar-refractivity contribution in [2.24, 2.45) is 39.8 Å². The van der Waals surface area contributed by atoms with E-state index in [-0.39, 0.29) is 95.2 Å². The Hall–Kier alpha value is -8.87. The largest absolute Gasteiger partial charge is 0.481 e. The Balaban J connectivity index is 1.58. The number of carboxylic acids is 2. The van der Waals surface area contributed by atoms with Crippen molar-refractivity contribution in [2.45, 2.75) is 172 Å². The minimum atomic E-state index is -2.04. The van der Waals surface area contributed by atoms with Gasteiger partial charge in [0, 0.05) is 39.5 Å². The minimum absolute atomic E-state index is 0.0139. The molecule has 31 heteroatoms. The van der Waals surface area contributed by atoms with Gasteiger partial charge < -0.3 is 85.1 Å². The van der Waals surface area contributed by atoms with Crippen LogP contribution in [0.2, 0.25) is 0 Å². The van der Waals surface area contributed by atoms with Crippen molar-refractivity contribution in [2.75, 3.05) is 45.2 Å². The molecule has 2 aliphatic rings. The summed E-state index contributed by atoms with van der Waals surface area (Å²) < 4.78 is 0. The van der Waals surface area contributed by atoms with Crippen LogP contribution >= 0.6 is 11.8 Å². The second kappa shape index (κ2) is 38.2. The first-order valence-electron chi connectivity index (χ1n) is 31.1. The summed E-state index contributed by atoms with van der Waals surface area (Å²) >= 11 is 1.44. The van der Waals surface area contributed by atoms with Crippen LogP contribution in [-0.4, -0.2) is 213 Å². The maximum atomic E-state index is 14.9. The third-order valence-electron chi connectivity index (χ3n) is 15.6. The number of carboxylic acid groups (broad SMARTS) is 2. The highest BCUT2D eigenvalue weighted by Gasteiger charge is 2.43. The first kappa shape index (κ1) is 76.6. The smallest absolute Gasteiger partial charge is 0.305 e. The van der Waals surface area contributed by atoms with Crippen LogP contribution in [0.4, 0.5) is 0 Å². The Kier molecular flexibility index (Phi) is 31.5. The molecule has 10 atom stereocenters. The number of rotatable bonds is 38. The third kappa shape index (κ3) is 25.3. The number of carbonyl (C=O) groups excluding carboxylic acids is 11. The molecule has 0 bridgehead atoms. The van der Waals surface area contributed by atoms with Gasteiger partial charge in [-0.2, -0.15) is 11.8 Å². The topological polar surface area (TPSA) is 473 Å². The molecule has 11 amide bonds. The lowest BCUT2D eigenvalue weighted by atomic mass is 10.0. The fraction of sp³-hybridized carbons (Fsp3) is 0.581. The number of nitrogens with one attached hydrogen (secondary N) is 7. The molecular weight excluding hydrogens is 1230 g/mol. The number of likely N-dealkylation sites (tertiary alicyclic amines) is 2. The van der Waals surface area contributed by atoms with E-state index in [4.69, 9.17) is 22.9 Å². The van der Waals surface area contributed by atoms with Gasteiger partial charge in [-0.15, -0.1) is 0 Å². The highest BCUT2D eigenvalue weighted by Crippen LogP contribution is 2.24. The lowest BCUT2D eigenvalue weighted by molar-refractivity contribution is -0.145. The number of nitrogens with zero attached hydrogens (tertiary/aromatic N) is 4. The molecule has 30 nitrogen and oxygen atoms in total. The fourth-order valence-corrected chi connectivity index (χ4v) is 11.4. The molecule has 0 spiro atoms. The van der Waals surface area contributed by atoms with Crippen molar-refractivity contribution in [1.82, 2.24) is 51.9 Å². The molecule has 93 heavy (non-hydrogen) atoms. The van der Waals surface area contributed by atoms with E-state index >= 15 is 0 Å². The molecule has 0 aliphatic carbocycles. The summed E-state index contributed by atoms with van der Waals surface area (Å²) in [7, 11) is 1.27. The number of hydrogen-bond donors (Lipinski definition) is 13. The molecule has 2 aromatic rings. The molecule has 0 saturated carbocycles. The number of thioether (sulfide) groups is 1. The van der Waals surface area contributed by atoms with E-state index in [1.165, 1.54) is 28.6 Å². The average Bonchev–Trinajstić information content (AvgIpc) is 1.82. The summed E-state index contributed by atoms with van der Waals surface area (Å²) in [6.45, 7) is 7.07. The standard InChI is InChI=1S/C62H93N15O15S/c1-35(2)28-39(63)59(90)76-25-14-21-46(76)57(88)71-41(20-13-24-67-62(65)66)61(92)77-26-15-22-47(77)58(89)73-44(33-51(81)82)54(85)72-43(32-50(79)80)55(86)74-45(30-37-16-9-7-10-17-37)60(91)75(5)48(31-38-18-11-8-12-19-38)56(87)68-34-49(78)69-42(29-36(3)4)53(84)70-40(52(64)83)23-27-93-6/h7-12,16-19,35-36,39-48H,13-15,20-34,63H2,1-6H3,(H2,64,83)(H,68,87)(H,69,78)(H,70,84)(H,71,88)(H,72,85)(H,73,89)(H,74,86)(H,79,80)(H,81,82)(H4,65,66,67)/t39-,40-,41-,42-,43-,44-,45-,46-,47-,48-/m0/s1. The van der Waals surface area contributed by atoms with Gasteiger partial charge >= 0.3 is 11.9 Å². The molecule has 2 saturated heterocycles. The first-order valence-corrected chi connectivity index (χ1v) is 32.5. The monoisotopic (exact) mass is 1320 g/mol. The van der Waals surface area contributed by atoms with Gasteiger partial charge in [0.05, 0.1) is 25.4 Å². The van der Waals surface area contributed by atoms with Crippen LogP contribution in [0, 0.1) is 11.8 Å². The minimum Gasteiger partial charge on any atom is -0.481 e. The van der Waals surface area contributed by atoms with Crippen LogP contribution in [0.1, 0.15) is 109 Å². The molecule has 512 valence electrons. The zero-order chi connectivity index (χ0) is 69.1. The maximum absolute atomic E-state index is 14.9. The van der Waals surface area contributed by atoms with E-state index in [0.29, 0.717) is 29.7 Å². The normalized spacial score (nSPS) is 17.0. The van der Waals surface area contributed by atoms with Crippen LogP contribution in [0.15, 0.2) is 65.7 Å². The number of primary amides is 1. The molecule has 17 N–H and O–H groups in total. The van der Waals surface area contributed by atoms with Crippen LogP contribution in [0.3, 0.4) is 0 Å². The first-order chi connectivity index (χ1) is 44.0. The number of benzene rings is 2. The van der Waals surface area contributed by atoms with E-state index < -0.39 is 157 Å². The highest BCUT2D eigenvalue weighted by molar-refractivity contribution is 7.98. The van der Waals surface area contributed by atoms with E-state index in [0.717, 1.165) is 4.90 Å². The highest BCUT2D eigenvalue weighted by atomic mass is 32.2. The summed E-state index contributed by atoms with van der Waals surface area (Å²) in [6.07, 6.45) is 1.16. The van der Waals surface area contributed by atoms with Crippen molar-refractivity contribution in [3.8, 4) is 0 Å². The van der Waals surface area contributed by atoms with Crippen molar-refractivity contribution >= 4 is 94.6 Å². The Morgan fingerprint density at radius 2 is 1.09 bits per heavy atom. The average molecular weight is 1320 g/mol. The van der Waals surface area contributed by atoms with Crippen LogP contribution in [-0.2, 0) is 75.2 Å². The predicted molar refractivity (Wildman–Crippen MR) is 344 cm³/mol. The summed E-state index contributed by atoms with van der Waals surface area (Å²) in [5, 5.41) is 37.7. The number of aliphatic carboxylic acids is 2. The van der Waals surface area contributed by atoms with Gasteiger partial charge in [0.2, 0.25) is 65.0 Å². The van der Waals surface area contributed by atoms with Crippen molar-refractivity contribution < 1.29 is 72.5 Å². The number of nitrogens with two attached hydrogens (primary N) is 4. The fourth-order valence-electron chi connectivity index (χ4n) is 11.0. The van der Waals surface area contributed by atoms with E-state index in [2.05, 4.69) is 42.2 Å². The molecule has 0 unspecified atom stereocenters. The Bertz CT molecular complexity index is 2960. The number of carbonyl (C=O) groups is 13. The van der Waals surface area contributed by atoms with Crippen LogP contribution in [0.5, 0.6) is 0 Å². The number of likely N-dealkylation sites (N-methyl/N-ethyl adjacent to an activating group) is 1. The number of aliphatic imine (C=N–C) groups is 1. The number of hydrogen-bond acceptors (Lipinski definition) is 16.